The van der Waals surface area contributed by atoms with Crippen LogP contribution in [0, 0.1) is 0 Å². The van der Waals surface area contributed by atoms with E-state index in [1.54, 1.807) is 12.1 Å². The van der Waals surface area contributed by atoms with E-state index in [1.807, 2.05) is 0 Å². The van der Waals surface area contributed by atoms with Gasteiger partial charge in [-0.1, -0.05) is 15.9 Å². The number of aliphatic hydroxyl groups is 1. The minimum atomic E-state index is -0.895. The number of aliphatic hydroxyl groups excluding tert-OH is 1. The maximum absolute atomic E-state index is 11.8. The Bertz CT molecular complexity index is 575. The summed E-state index contributed by atoms with van der Waals surface area (Å²) < 4.78 is 17.2. The molecule has 1 heterocycles. The number of fused-ring (bicyclic) bond motifs is 1. The minimum Gasteiger partial charge on any atom is -0.491 e. The molecular formula is C14H14Br2O6. The Balaban J connectivity index is 2.24. The van der Waals surface area contributed by atoms with Crippen molar-refractivity contribution in [2.24, 2.45) is 0 Å². The third-order valence-corrected chi connectivity index (χ3v) is 3.97. The van der Waals surface area contributed by atoms with Gasteiger partial charge in [0.15, 0.2) is 0 Å². The van der Waals surface area contributed by atoms with Gasteiger partial charge in [0.05, 0.1) is 30.5 Å². The zero-order chi connectivity index (χ0) is 16.1. The second kappa shape index (κ2) is 7.94. The van der Waals surface area contributed by atoms with E-state index in [0.29, 0.717) is 15.8 Å². The summed E-state index contributed by atoms with van der Waals surface area (Å²) in [5.41, 5.74) is 0.670. The quantitative estimate of drug-likeness (QED) is 0.679. The van der Waals surface area contributed by atoms with E-state index in [2.05, 4.69) is 31.9 Å². The molecule has 0 fully saturated rings. The van der Waals surface area contributed by atoms with Crippen LogP contribution < -0.4 is 4.74 Å². The Hall–Kier alpha value is -1.12. The second-order valence-corrected chi connectivity index (χ2v) is 6.40. The number of halogens is 2. The Labute approximate surface area is 144 Å². The van der Waals surface area contributed by atoms with E-state index in [1.165, 1.54) is 0 Å². The number of carbonyl (C=O) groups excluding carboxylic acids is 2. The van der Waals surface area contributed by atoms with Gasteiger partial charge in [0.2, 0.25) is 0 Å². The first-order valence-corrected chi connectivity index (χ1v) is 8.15. The predicted molar refractivity (Wildman–Crippen MR) is 83.3 cm³/mol. The summed E-state index contributed by atoms with van der Waals surface area (Å²) >= 11 is 6.74. The van der Waals surface area contributed by atoms with E-state index < -0.39 is 24.6 Å². The molecule has 0 amide bonds. The van der Waals surface area contributed by atoms with Crippen LogP contribution in [0.5, 0.6) is 5.75 Å². The molecule has 0 bridgehead atoms. The van der Waals surface area contributed by atoms with Gasteiger partial charge in [-0.05, 0) is 28.1 Å². The first kappa shape index (κ1) is 17.2. The van der Waals surface area contributed by atoms with Gasteiger partial charge >= 0.3 is 11.9 Å². The molecule has 0 saturated carbocycles. The molecule has 8 heteroatoms. The smallest absolute Gasteiger partial charge is 0.309 e. The Morgan fingerprint density at radius 3 is 2.68 bits per heavy atom. The molecule has 1 unspecified atom stereocenters. The zero-order valence-corrected chi connectivity index (χ0v) is 14.7. The first-order valence-electron chi connectivity index (χ1n) is 6.56. The highest BCUT2D eigenvalue weighted by Crippen LogP contribution is 2.33. The van der Waals surface area contributed by atoms with E-state index in [0.717, 1.165) is 4.47 Å². The molecule has 0 aromatic heterocycles. The number of benzene rings is 1. The lowest BCUT2D eigenvalue weighted by molar-refractivity contribution is -0.158. The predicted octanol–water partition coefficient (Wildman–Crippen LogP) is 2.33. The molecule has 0 spiro atoms. The molecule has 120 valence electrons. The van der Waals surface area contributed by atoms with Crippen molar-refractivity contribution < 1.29 is 28.9 Å². The standard InChI is InChI=1S/C14H14Br2O6/c15-9-3-8-7-21-13(19)5-10(6-17)22-12(18)1-2-20-14(8)11(16)4-9/h3-4,10,17H,1-2,5-7H2. The molecular weight excluding hydrogens is 424 g/mol. The summed E-state index contributed by atoms with van der Waals surface area (Å²) in [6, 6.07) is 3.58. The van der Waals surface area contributed by atoms with Gasteiger partial charge < -0.3 is 19.3 Å². The van der Waals surface area contributed by atoms with Gasteiger partial charge in [-0.2, -0.15) is 0 Å². The number of cyclic esters (lactones) is 2. The highest BCUT2D eigenvalue weighted by atomic mass is 79.9. The summed E-state index contributed by atoms with van der Waals surface area (Å²) in [5, 5.41) is 9.13. The molecule has 2 rings (SSSR count). The normalized spacial score (nSPS) is 19.9. The van der Waals surface area contributed by atoms with Crippen LogP contribution in [0.2, 0.25) is 0 Å². The van der Waals surface area contributed by atoms with Crippen LogP contribution in [0.25, 0.3) is 0 Å². The lowest BCUT2D eigenvalue weighted by Gasteiger charge is -2.18. The largest absolute Gasteiger partial charge is 0.491 e. The fourth-order valence-corrected chi connectivity index (χ4v) is 3.34. The van der Waals surface area contributed by atoms with Gasteiger partial charge in [-0.25, -0.2) is 0 Å². The number of hydrogen-bond acceptors (Lipinski definition) is 6. The monoisotopic (exact) mass is 436 g/mol. The van der Waals surface area contributed by atoms with Gasteiger partial charge in [0.25, 0.3) is 0 Å². The Morgan fingerprint density at radius 1 is 1.18 bits per heavy atom. The van der Waals surface area contributed by atoms with Crippen LogP contribution >= 0.6 is 31.9 Å². The fraction of sp³-hybridized carbons (Fsp3) is 0.429. The fourth-order valence-electron chi connectivity index (χ4n) is 1.91. The summed E-state index contributed by atoms with van der Waals surface area (Å²) in [7, 11) is 0. The van der Waals surface area contributed by atoms with Crippen molar-refractivity contribution in [2.45, 2.75) is 25.6 Å². The van der Waals surface area contributed by atoms with Crippen LogP contribution in [0.15, 0.2) is 21.1 Å². The van der Waals surface area contributed by atoms with Crippen molar-refractivity contribution in [3.63, 3.8) is 0 Å². The van der Waals surface area contributed by atoms with Crippen molar-refractivity contribution in [3.05, 3.63) is 26.6 Å². The average molecular weight is 438 g/mol. The van der Waals surface area contributed by atoms with Crippen molar-refractivity contribution in [1.29, 1.82) is 0 Å². The third-order valence-electron chi connectivity index (χ3n) is 2.92. The number of esters is 2. The molecule has 1 atom stereocenters. The van der Waals surface area contributed by atoms with Crippen molar-refractivity contribution in [1.82, 2.24) is 0 Å². The molecule has 1 aliphatic heterocycles. The summed E-state index contributed by atoms with van der Waals surface area (Å²) in [6.45, 7) is -0.286. The SMILES string of the molecule is O=C1CC(CO)OC(=O)CCOc2c(Br)cc(Br)cc2CO1. The average Bonchev–Trinajstić information content (AvgIpc) is 2.45. The zero-order valence-electron chi connectivity index (χ0n) is 11.5. The maximum Gasteiger partial charge on any atom is 0.309 e. The first-order chi connectivity index (χ1) is 10.5. The minimum absolute atomic E-state index is 0.0213. The Kier molecular flexibility index (Phi) is 6.22. The molecule has 0 saturated heterocycles. The molecule has 22 heavy (non-hydrogen) atoms. The lowest BCUT2D eigenvalue weighted by Crippen LogP contribution is -2.27. The second-order valence-electron chi connectivity index (χ2n) is 4.63. The number of carbonyl (C=O) groups is 2. The molecule has 1 N–H and O–H groups in total. The highest BCUT2D eigenvalue weighted by molar-refractivity contribution is 9.11. The van der Waals surface area contributed by atoms with Crippen LogP contribution in [-0.4, -0.2) is 36.4 Å². The topological polar surface area (TPSA) is 82.1 Å². The highest BCUT2D eigenvalue weighted by Gasteiger charge is 2.21. The Morgan fingerprint density at radius 2 is 1.95 bits per heavy atom. The van der Waals surface area contributed by atoms with E-state index in [9.17, 15) is 9.59 Å². The van der Waals surface area contributed by atoms with E-state index >= 15 is 0 Å². The van der Waals surface area contributed by atoms with E-state index in [4.69, 9.17) is 19.3 Å². The van der Waals surface area contributed by atoms with Crippen LogP contribution in [0.3, 0.4) is 0 Å². The van der Waals surface area contributed by atoms with Crippen LogP contribution in [0.4, 0.5) is 0 Å². The summed E-state index contributed by atoms with van der Waals surface area (Å²) in [6.07, 6.45) is -1.06. The third kappa shape index (κ3) is 4.69. The maximum atomic E-state index is 11.8. The summed E-state index contributed by atoms with van der Waals surface area (Å²) in [5.74, 6) is -0.584. The van der Waals surface area contributed by atoms with Crippen molar-refractivity contribution in [3.8, 4) is 5.75 Å². The lowest BCUT2D eigenvalue weighted by atomic mass is 10.2. The molecule has 1 aliphatic rings. The van der Waals surface area contributed by atoms with Crippen LogP contribution in [-0.2, 0) is 25.7 Å². The summed E-state index contributed by atoms with van der Waals surface area (Å²) in [4.78, 5) is 23.4. The van der Waals surface area contributed by atoms with Gasteiger partial charge in [-0.3, -0.25) is 9.59 Å². The van der Waals surface area contributed by atoms with Crippen molar-refractivity contribution in [2.75, 3.05) is 13.2 Å². The molecule has 0 aliphatic carbocycles. The molecule has 1 aromatic rings. The number of rotatable bonds is 1. The van der Waals surface area contributed by atoms with Gasteiger partial charge in [0.1, 0.15) is 18.5 Å². The van der Waals surface area contributed by atoms with Crippen LogP contribution in [0.1, 0.15) is 18.4 Å². The molecule has 0 radical (unpaired) electrons. The van der Waals surface area contributed by atoms with Gasteiger partial charge in [-0.15, -0.1) is 0 Å². The van der Waals surface area contributed by atoms with E-state index in [-0.39, 0.29) is 26.1 Å². The number of hydrogen-bond donors (Lipinski definition) is 1. The number of ether oxygens (including phenoxy) is 3. The molecule has 6 nitrogen and oxygen atoms in total. The van der Waals surface area contributed by atoms with Gasteiger partial charge in [0, 0.05) is 10.0 Å². The van der Waals surface area contributed by atoms with Crippen molar-refractivity contribution >= 4 is 43.8 Å². The molecule has 1 aromatic carbocycles.